The fourth-order valence-corrected chi connectivity index (χ4v) is 4.99. The Morgan fingerprint density at radius 2 is 1.79 bits per heavy atom. The first-order valence-electron chi connectivity index (χ1n) is 11.4. The summed E-state index contributed by atoms with van der Waals surface area (Å²) in [5.74, 6) is -0.0390. The number of ether oxygens (including phenoxy) is 1. The molecule has 1 amide bonds. The van der Waals surface area contributed by atoms with Gasteiger partial charge in [-0.25, -0.2) is 19.2 Å². The van der Waals surface area contributed by atoms with Gasteiger partial charge >= 0.3 is 6.09 Å². The molecule has 0 aliphatic carbocycles. The molecule has 1 atom stereocenters. The lowest BCUT2D eigenvalue weighted by atomic mass is 9.74. The fraction of sp³-hybridized carbons (Fsp3) is 0.440. The first-order valence-corrected chi connectivity index (χ1v) is 11.8. The topological polar surface area (TPSA) is 53.1 Å². The minimum Gasteiger partial charge on any atom is -0.410 e. The van der Waals surface area contributed by atoms with Crippen molar-refractivity contribution in [1.82, 2.24) is 14.9 Å². The Balaban J connectivity index is 1.34. The van der Waals surface area contributed by atoms with Crippen LogP contribution in [0, 0.1) is 5.82 Å². The summed E-state index contributed by atoms with van der Waals surface area (Å²) in [6.07, 6.45) is 2.99. The minimum absolute atomic E-state index is 0.0389. The molecule has 176 valence electrons. The van der Waals surface area contributed by atoms with Gasteiger partial charge in [0, 0.05) is 37.7 Å². The lowest BCUT2D eigenvalue weighted by Crippen LogP contribution is -2.52. The Morgan fingerprint density at radius 3 is 2.39 bits per heavy atom. The molecule has 8 heteroatoms. The number of hydrogen-bond acceptors (Lipinski definition) is 5. The number of benzene rings is 2. The lowest BCUT2D eigenvalue weighted by molar-refractivity contribution is -0.117. The molecule has 0 spiro atoms. The third-order valence-corrected chi connectivity index (χ3v) is 7.11. The second kappa shape index (κ2) is 10.2. The van der Waals surface area contributed by atoms with Crippen LogP contribution in [0.5, 0.6) is 5.75 Å². The first kappa shape index (κ1) is 23.7. The van der Waals surface area contributed by atoms with Gasteiger partial charge < -0.3 is 14.4 Å². The van der Waals surface area contributed by atoms with Crippen LogP contribution in [0.15, 0.2) is 48.5 Å². The molecule has 0 radical (unpaired) electrons. The van der Waals surface area contributed by atoms with Crippen LogP contribution in [-0.2, 0) is 10.2 Å². The van der Waals surface area contributed by atoms with E-state index in [1.54, 1.807) is 4.90 Å². The van der Waals surface area contributed by atoms with Gasteiger partial charge in [-0.15, -0.1) is 0 Å². The Bertz CT molecular complexity index is 962. The molecule has 2 heterocycles. The number of aldehydes is 1. The van der Waals surface area contributed by atoms with Crippen molar-refractivity contribution in [2.45, 2.75) is 37.6 Å². The van der Waals surface area contributed by atoms with Crippen LogP contribution in [0.25, 0.3) is 0 Å². The Kier molecular flexibility index (Phi) is 7.32. The fourth-order valence-electron chi connectivity index (χ4n) is 4.87. The normalized spacial score (nSPS) is 21.0. The zero-order valence-electron chi connectivity index (χ0n) is 18.8. The number of carbonyl (C=O) groups excluding carboxylic acids is 2. The predicted molar refractivity (Wildman–Crippen MR) is 125 cm³/mol. The summed E-state index contributed by atoms with van der Waals surface area (Å²) in [5.41, 5.74) is 0.538. The van der Waals surface area contributed by atoms with Crippen molar-refractivity contribution >= 4 is 24.0 Å². The molecule has 2 aliphatic rings. The molecule has 2 fully saturated rings. The van der Waals surface area contributed by atoms with E-state index < -0.39 is 11.5 Å². The summed E-state index contributed by atoms with van der Waals surface area (Å²) >= 11 is 6.02. The van der Waals surface area contributed by atoms with Crippen molar-refractivity contribution in [1.29, 1.82) is 0 Å². The van der Waals surface area contributed by atoms with Crippen molar-refractivity contribution < 1.29 is 18.7 Å². The highest BCUT2D eigenvalue weighted by Gasteiger charge is 2.40. The average molecular weight is 474 g/mol. The van der Waals surface area contributed by atoms with Crippen LogP contribution in [0.4, 0.5) is 9.18 Å². The third-order valence-electron chi connectivity index (χ3n) is 6.85. The van der Waals surface area contributed by atoms with E-state index in [0.29, 0.717) is 17.3 Å². The molecule has 2 aromatic rings. The van der Waals surface area contributed by atoms with Crippen LogP contribution < -0.4 is 4.74 Å². The number of nitrogens with zero attached hydrogens (tertiary/aromatic N) is 3. The Hall–Kier alpha value is -2.48. The Morgan fingerprint density at radius 1 is 1.12 bits per heavy atom. The van der Waals surface area contributed by atoms with E-state index in [9.17, 15) is 14.0 Å². The van der Waals surface area contributed by atoms with Gasteiger partial charge in [0.25, 0.3) is 0 Å². The minimum atomic E-state index is -0.478. The van der Waals surface area contributed by atoms with Gasteiger partial charge in [-0.1, -0.05) is 23.7 Å². The molecule has 0 saturated carbocycles. The second-order valence-corrected chi connectivity index (χ2v) is 9.13. The molecule has 0 bridgehead atoms. The van der Waals surface area contributed by atoms with E-state index in [2.05, 4.69) is 10.0 Å². The van der Waals surface area contributed by atoms with E-state index in [0.717, 1.165) is 57.3 Å². The number of likely N-dealkylation sites (N-methyl/N-ethyl adjacent to an activating group) is 1. The van der Waals surface area contributed by atoms with Crippen molar-refractivity contribution in [3.05, 3.63) is 64.9 Å². The van der Waals surface area contributed by atoms with Gasteiger partial charge in [-0.3, -0.25) is 0 Å². The van der Waals surface area contributed by atoms with Gasteiger partial charge in [0.05, 0.1) is 11.5 Å². The van der Waals surface area contributed by atoms with Crippen molar-refractivity contribution in [2.75, 3.05) is 32.7 Å². The van der Waals surface area contributed by atoms with Gasteiger partial charge in [0.15, 0.2) is 0 Å². The summed E-state index contributed by atoms with van der Waals surface area (Å²) in [6.45, 7) is 5.59. The van der Waals surface area contributed by atoms with Crippen LogP contribution in [0.3, 0.4) is 0 Å². The lowest BCUT2D eigenvalue weighted by Gasteiger charge is -2.42. The Labute approximate surface area is 198 Å². The smallest absolute Gasteiger partial charge is 0.410 e. The first-order chi connectivity index (χ1) is 15.9. The number of piperidine rings is 1. The van der Waals surface area contributed by atoms with E-state index in [4.69, 9.17) is 16.3 Å². The molecule has 0 aromatic heterocycles. The molecule has 1 unspecified atom stereocenters. The third kappa shape index (κ3) is 5.21. The van der Waals surface area contributed by atoms with E-state index >= 15 is 0 Å². The molecule has 33 heavy (non-hydrogen) atoms. The molecule has 2 aromatic carbocycles. The number of rotatable bonds is 6. The van der Waals surface area contributed by atoms with Gasteiger partial charge in [-0.2, -0.15) is 0 Å². The predicted octanol–water partition coefficient (Wildman–Crippen LogP) is 4.52. The number of hydrogen-bond donors (Lipinski definition) is 0. The van der Waals surface area contributed by atoms with Crippen molar-refractivity contribution in [3.8, 4) is 5.75 Å². The zero-order valence-corrected chi connectivity index (χ0v) is 19.5. The highest BCUT2D eigenvalue weighted by molar-refractivity contribution is 6.30. The molecular weight excluding hydrogens is 445 g/mol. The monoisotopic (exact) mass is 473 g/mol. The summed E-state index contributed by atoms with van der Waals surface area (Å²) in [4.78, 5) is 26.5. The molecule has 4 rings (SSSR count). The highest BCUT2D eigenvalue weighted by Crippen LogP contribution is 2.35. The van der Waals surface area contributed by atoms with E-state index in [1.165, 1.54) is 24.3 Å². The van der Waals surface area contributed by atoms with E-state index in [1.807, 2.05) is 31.2 Å². The molecule has 6 nitrogen and oxygen atoms in total. The number of hydrazine groups is 1. The second-order valence-electron chi connectivity index (χ2n) is 8.70. The quantitative estimate of drug-likeness (QED) is 0.577. The summed E-state index contributed by atoms with van der Waals surface area (Å²) < 4.78 is 18.6. The van der Waals surface area contributed by atoms with Crippen LogP contribution in [0.2, 0.25) is 5.02 Å². The molecule has 2 saturated heterocycles. The molecule has 0 N–H and O–H groups in total. The maximum atomic E-state index is 13.1. The van der Waals surface area contributed by atoms with Crippen molar-refractivity contribution in [3.63, 3.8) is 0 Å². The highest BCUT2D eigenvalue weighted by atomic mass is 35.5. The molecular formula is C25H29ClFN3O3. The number of halogens is 2. The summed E-state index contributed by atoms with van der Waals surface area (Å²) in [5, 5.41) is 5.25. The zero-order chi connectivity index (χ0) is 23.4. The average Bonchev–Trinajstić information content (AvgIpc) is 3.31. The van der Waals surface area contributed by atoms with Gasteiger partial charge in [0.1, 0.15) is 17.9 Å². The van der Waals surface area contributed by atoms with Crippen LogP contribution in [-0.4, -0.2) is 66.1 Å². The maximum absolute atomic E-state index is 13.1. The molecule has 2 aliphatic heterocycles. The van der Waals surface area contributed by atoms with E-state index in [-0.39, 0.29) is 11.9 Å². The standard InChI is InChI=1S/C25H29ClFN3O3/c1-2-30(24(32)33-23-9-7-21(27)8-10-23)22-11-14-29(17-22)28-15-12-25(18-31,13-16-28)19-3-5-20(26)6-4-19/h3-10,18,22H,2,11-17H2,1H3. The summed E-state index contributed by atoms with van der Waals surface area (Å²) in [6, 6.07) is 13.1. The van der Waals surface area contributed by atoms with Crippen molar-refractivity contribution in [2.24, 2.45) is 0 Å². The summed E-state index contributed by atoms with van der Waals surface area (Å²) in [7, 11) is 0. The van der Waals surface area contributed by atoms with Gasteiger partial charge in [0.2, 0.25) is 0 Å². The number of carbonyl (C=O) groups is 2. The SMILES string of the molecule is CCN(C(=O)Oc1ccc(F)cc1)C1CCN(N2CCC(C=O)(c3ccc(Cl)cc3)CC2)C1. The largest absolute Gasteiger partial charge is 0.415 e. The van der Waals surface area contributed by atoms with Crippen LogP contribution in [0.1, 0.15) is 31.7 Å². The number of amides is 1. The maximum Gasteiger partial charge on any atom is 0.415 e. The van der Waals surface area contributed by atoms with Crippen LogP contribution >= 0.6 is 11.6 Å². The van der Waals surface area contributed by atoms with Gasteiger partial charge in [-0.05, 0) is 68.1 Å².